The molecule has 4 rings (SSSR count). The third-order valence-electron chi connectivity index (χ3n) is 6.13. The summed E-state index contributed by atoms with van der Waals surface area (Å²) in [7, 11) is 0. The molecule has 2 fully saturated rings. The van der Waals surface area contributed by atoms with Gasteiger partial charge < -0.3 is 10.5 Å². The van der Waals surface area contributed by atoms with Gasteiger partial charge in [0.15, 0.2) is 12.2 Å². The summed E-state index contributed by atoms with van der Waals surface area (Å²) in [6, 6.07) is 0. The number of carbonyl (C=O) groups excluding carboxylic acids is 1. The van der Waals surface area contributed by atoms with Crippen LogP contribution in [0.1, 0.15) is 47.6 Å². The second-order valence-corrected chi connectivity index (χ2v) is 8.83. The zero-order valence-corrected chi connectivity index (χ0v) is 16.8. The standard InChI is InChI=1S/C20H27N4O2S/c1-12-18(5-6-26-20(25)17-8-14-3-4-15(17)7-14)27-11-24(12)10-16-9-22-13(2)23-19(16)21/h9,11,14-15,17H,3-8,10H2,1-2H3,(H2,21,22,23)/q+1/t14-,15-,17-/m1/s1. The van der Waals surface area contributed by atoms with Gasteiger partial charge in [0, 0.05) is 19.5 Å². The predicted octanol–water partition coefficient (Wildman–Crippen LogP) is 2.59. The van der Waals surface area contributed by atoms with E-state index >= 15 is 0 Å². The van der Waals surface area contributed by atoms with Crippen molar-refractivity contribution < 1.29 is 14.1 Å². The van der Waals surface area contributed by atoms with Gasteiger partial charge in [-0.25, -0.2) is 9.97 Å². The molecule has 3 atom stereocenters. The molecule has 27 heavy (non-hydrogen) atoms. The fraction of sp³-hybridized carbons (Fsp3) is 0.600. The molecule has 0 unspecified atom stereocenters. The lowest BCUT2D eigenvalue weighted by molar-refractivity contribution is -0.689. The van der Waals surface area contributed by atoms with Crippen molar-refractivity contribution in [3.05, 3.63) is 33.7 Å². The first-order valence-electron chi connectivity index (χ1n) is 9.72. The van der Waals surface area contributed by atoms with Crippen LogP contribution in [0, 0.1) is 31.6 Å². The van der Waals surface area contributed by atoms with Gasteiger partial charge in [0.05, 0.1) is 23.0 Å². The van der Waals surface area contributed by atoms with Crippen molar-refractivity contribution in [2.24, 2.45) is 17.8 Å². The lowest BCUT2D eigenvalue weighted by Gasteiger charge is -2.19. The Hall–Kier alpha value is -2.02. The van der Waals surface area contributed by atoms with E-state index in [1.54, 1.807) is 17.5 Å². The molecule has 2 aliphatic carbocycles. The summed E-state index contributed by atoms with van der Waals surface area (Å²) in [6.45, 7) is 5.04. The molecule has 2 bridgehead atoms. The van der Waals surface area contributed by atoms with Gasteiger partial charge in [0.1, 0.15) is 11.6 Å². The van der Waals surface area contributed by atoms with Crippen LogP contribution in [0.2, 0.25) is 0 Å². The quantitative estimate of drug-likeness (QED) is 0.609. The average Bonchev–Trinajstić information content (AvgIpc) is 3.35. The maximum Gasteiger partial charge on any atom is 0.309 e. The minimum Gasteiger partial charge on any atom is -0.465 e. The molecule has 7 heteroatoms. The van der Waals surface area contributed by atoms with Crippen LogP contribution < -0.4 is 10.3 Å². The van der Waals surface area contributed by atoms with Crippen molar-refractivity contribution in [1.29, 1.82) is 0 Å². The van der Waals surface area contributed by atoms with Crippen molar-refractivity contribution in [1.82, 2.24) is 9.97 Å². The molecule has 6 nitrogen and oxygen atoms in total. The molecule has 144 valence electrons. The molecule has 0 aliphatic heterocycles. The number of aryl methyl sites for hydroxylation is 1. The molecule has 0 saturated heterocycles. The van der Waals surface area contributed by atoms with Crippen LogP contribution >= 0.6 is 11.3 Å². The first-order chi connectivity index (χ1) is 13.0. The monoisotopic (exact) mass is 387 g/mol. The number of carbonyl (C=O) groups is 1. The van der Waals surface area contributed by atoms with Crippen LogP contribution in [0.5, 0.6) is 0 Å². The Bertz CT molecular complexity index is 851. The molecule has 0 aromatic carbocycles. The fourth-order valence-electron chi connectivity index (χ4n) is 4.55. The Morgan fingerprint density at radius 2 is 2.22 bits per heavy atom. The number of anilines is 1. The maximum absolute atomic E-state index is 12.4. The third-order valence-corrected chi connectivity index (χ3v) is 7.27. The fourth-order valence-corrected chi connectivity index (χ4v) is 5.53. The summed E-state index contributed by atoms with van der Waals surface area (Å²) in [6.07, 6.45) is 7.34. The summed E-state index contributed by atoms with van der Waals surface area (Å²) in [5.74, 6) is 2.74. The highest BCUT2D eigenvalue weighted by atomic mass is 32.1. The molecule has 2 N–H and O–H groups in total. The number of nitrogens with zero attached hydrogens (tertiary/aromatic N) is 3. The second-order valence-electron chi connectivity index (χ2n) is 7.89. The summed E-state index contributed by atoms with van der Waals surface area (Å²) < 4.78 is 7.77. The van der Waals surface area contributed by atoms with Crippen molar-refractivity contribution in [3.8, 4) is 0 Å². The van der Waals surface area contributed by atoms with Crippen LogP contribution in [-0.2, 0) is 22.5 Å². The van der Waals surface area contributed by atoms with E-state index in [1.807, 2.05) is 6.92 Å². The first-order valence-corrected chi connectivity index (χ1v) is 10.6. The summed E-state index contributed by atoms with van der Waals surface area (Å²) >= 11 is 1.69. The molecular weight excluding hydrogens is 360 g/mol. The first kappa shape index (κ1) is 18.3. The zero-order valence-electron chi connectivity index (χ0n) is 16.0. The van der Waals surface area contributed by atoms with E-state index in [0.29, 0.717) is 30.7 Å². The van der Waals surface area contributed by atoms with Crippen molar-refractivity contribution in [2.45, 2.75) is 52.5 Å². The molecule has 2 saturated carbocycles. The predicted molar refractivity (Wildman–Crippen MR) is 103 cm³/mol. The molecule has 2 aromatic heterocycles. The van der Waals surface area contributed by atoms with E-state index in [2.05, 4.69) is 27.0 Å². The molecule has 2 heterocycles. The van der Waals surface area contributed by atoms with Gasteiger partial charge >= 0.3 is 5.97 Å². The number of ether oxygens (including phenoxy) is 1. The Labute approximate surface area is 163 Å². The van der Waals surface area contributed by atoms with E-state index in [1.165, 1.54) is 29.8 Å². The molecule has 0 radical (unpaired) electrons. The van der Waals surface area contributed by atoms with Crippen molar-refractivity contribution >= 4 is 23.1 Å². The number of fused-ring (bicyclic) bond motifs is 2. The van der Waals surface area contributed by atoms with Crippen molar-refractivity contribution in [3.63, 3.8) is 0 Å². The highest BCUT2D eigenvalue weighted by molar-refractivity contribution is 7.09. The highest BCUT2D eigenvalue weighted by Crippen LogP contribution is 2.48. The average molecular weight is 388 g/mol. The normalized spacial score (nSPS) is 23.7. The number of nitrogens with two attached hydrogens (primary N) is 1. The summed E-state index contributed by atoms with van der Waals surface area (Å²) in [5, 5.41) is 0. The van der Waals surface area contributed by atoms with E-state index in [0.717, 1.165) is 24.3 Å². The molecule has 2 aromatic rings. The number of hydrogen-bond acceptors (Lipinski definition) is 6. The lowest BCUT2D eigenvalue weighted by Crippen LogP contribution is -2.35. The number of thiazole rings is 1. The zero-order chi connectivity index (χ0) is 19.0. The Kier molecular flexibility index (Phi) is 5.12. The number of esters is 1. The van der Waals surface area contributed by atoms with Crippen LogP contribution in [0.25, 0.3) is 0 Å². The molecule has 0 spiro atoms. The van der Waals surface area contributed by atoms with Crippen LogP contribution in [-0.4, -0.2) is 22.5 Å². The van der Waals surface area contributed by atoms with Crippen LogP contribution in [0.15, 0.2) is 11.7 Å². The minimum absolute atomic E-state index is 0.0221. The van der Waals surface area contributed by atoms with Crippen molar-refractivity contribution in [2.75, 3.05) is 12.3 Å². The van der Waals surface area contributed by atoms with Gasteiger partial charge in [-0.05, 0) is 38.0 Å². The molecule has 0 amide bonds. The van der Waals surface area contributed by atoms with E-state index in [-0.39, 0.29) is 11.9 Å². The Balaban J connectivity index is 1.32. The summed E-state index contributed by atoms with van der Waals surface area (Å²) in [5.41, 5.74) is 10.2. The van der Waals surface area contributed by atoms with E-state index < -0.39 is 0 Å². The molecule has 2 aliphatic rings. The smallest absolute Gasteiger partial charge is 0.309 e. The SMILES string of the molecule is Cc1ncc(C[n+]2csc(CCOC(=O)[C@@H]3C[C@@H]4CC[C@@H]3C4)c2C)c(N)n1. The van der Waals surface area contributed by atoms with E-state index in [4.69, 9.17) is 10.5 Å². The maximum atomic E-state index is 12.4. The minimum atomic E-state index is 0.0221. The Morgan fingerprint density at radius 1 is 1.37 bits per heavy atom. The lowest BCUT2D eigenvalue weighted by atomic mass is 9.89. The van der Waals surface area contributed by atoms with Gasteiger partial charge in [-0.3, -0.25) is 4.79 Å². The van der Waals surface area contributed by atoms with E-state index in [9.17, 15) is 4.79 Å². The van der Waals surface area contributed by atoms with Gasteiger partial charge in [0.2, 0.25) is 5.51 Å². The van der Waals surface area contributed by atoms with Gasteiger partial charge in [-0.2, -0.15) is 4.57 Å². The Morgan fingerprint density at radius 3 is 2.93 bits per heavy atom. The van der Waals surface area contributed by atoms with Gasteiger partial charge in [0.25, 0.3) is 0 Å². The summed E-state index contributed by atoms with van der Waals surface area (Å²) in [4.78, 5) is 22.1. The van der Waals surface area contributed by atoms with Crippen LogP contribution in [0.3, 0.4) is 0 Å². The van der Waals surface area contributed by atoms with Crippen LogP contribution in [0.4, 0.5) is 5.82 Å². The molecular formula is C20H27N4O2S+. The highest BCUT2D eigenvalue weighted by Gasteiger charge is 2.43. The number of rotatable bonds is 6. The topological polar surface area (TPSA) is 82.0 Å². The number of hydrogen-bond donors (Lipinski definition) is 1. The number of nitrogen functional groups attached to an aromatic ring is 1. The van der Waals surface area contributed by atoms with Gasteiger partial charge in [-0.1, -0.05) is 17.8 Å². The largest absolute Gasteiger partial charge is 0.465 e. The second kappa shape index (κ2) is 7.54. The third kappa shape index (κ3) is 3.83. The number of aromatic nitrogens is 3. The van der Waals surface area contributed by atoms with Gasteiger partial charge in [-0.15, -0.1) is 0 Å².